The van der Waals surface area contributed by atoms with Crippen molar-refractivity contribution in [3.8, 4) is 0 Å². The Labute approximate surface area is 185 Å². The van der Waals surface area contributed by atoms with E-state index >= 15 is 0 Å². The first kappa shape index (κ1) is 20.3. The summed E-state index contributed by atoms with van der Waals surface area (Å²) >= 11 is 0. The predicted molar refractivity (Wildman–Crippen MR) is 128 cm³/mol. The summed E-state index contributed by atoms with van der Waals surface area (Å²) in [6, 6.07) is 23.4. The summed E-state index contributed by atoms with van der Waals surface area (Å²) in [6.45, 7) is 7.40. The first-order chi connectivity index (χ1) is 15.2. The number of benzene rings is 3. The van der Waals surface area contributed by atoms with Crippen LogP contribution in [0, 0.1) is 12.8 Å². The van der Waals surface area contributed by atoms with Crippen LogP contribution in [0.3, 0.4) is 0 Å². The molecule has 2 aliphatic rings. The van der Waals surface area contributed by atoms with Crippen LogP contribution < -0.4 is 0 Å². The van der Waals surface area contributed by atoms with E-state index in [0.29, 0.717) is 11.8 Å². The van der Waals surface area contributed by atoms with Crippen LogP contribution >= 0.6 is 0 Å². The molecule has 2 saturated heterocycles. The van der Waals surface area contributed by atoms with E-state index < -0.39 is 0 Å². The molecule has 0 bridgehead atoms. The van der Waals surface area contributed by atoms with Crippen molar-refractivity contribution < 1.29 is 4.79 Å². The maximum atomic E-state index is 13.2. The summed E-state index contributed by atoms with van der Waals surface area (Å²) in [5.41, 5.74) is 3.68. The fraction of sp³-hybridized carbons (Fsp3) is 0.393. The molecule has 0 radical (unpaired) electrons. The number of carbonyl (C=O) groups excluding carboxylic acids is 1. The molecule has 5 rings (SSSR count). The molecule has 3 aromatic carbocycles. The highest BCUT2D eigenvalue weighted by Crippen LogP contribution is 2.30. The number of piperidine rings is 1. The molecule has 1 atom stereocenters. The van der Waals surface area contributed by atoms with Crippen molar-refractivity contribution >= 4 is 16.7 Å². The molecule has 3 aromatic rings. The molecular weight excluding hydrogens is 380 g/mol. The number of nitrogens with zero attached hydrogens (tertiary/aromatic N) is 2. The summed E-state index contributed by atoms with van der Waals surface area (Å²) in [6.07, 6.45) is 3.61. The van der Waals surface area contributed by atoms with Crippen molar-refractivity contribution in [1.29, 1.82) is 0 Å². The van der Waals surface area contributed by atoms with E-state index in [0.717, 1.165) is 42.4 Å². The van der Waals surface area contributed by atoms with Crippen LogP contribution in [0.1, 0.15) is 46.7 Å². The summed E-state index contributed by atoms with van der Waals surface area (Å²) in [5, 5.41) is 2.21. The fourth-order valence-electron chi connectivity index (χ4n) is 5.40. The Morgan fingerprint density at radius 1 is 0.871 bits per heavy atom. The molecule has 2 heterocycles. The minimum Gasteiger partial charge on any atom is -0.338 e. The van der Waals surface area contributed by atoms with Gasteiger partial charge >= 0.3 is 0 Å². The van der Waals surface area contributed by atoms with Crippen molar-refractivity contribution in [1.82, 2.24) is 9.80 Å². The number of aryl methyl sites for hydroxylation is 1. The minimum atomic E-state index is 0.192. The molecule has 0 spiro atoms. The Morgan fingerprint density at radius 3 is 2.42 bits per heavy atom. The predicted octanol–water partition coefficient (Wildman–Crippen LogP) is 5.49. The SMILES string of the molecule is Cc1ccc(C2CCN(C[C@H]3CCN(C(=O)c4cccc5ccccc45)C3)CC2)cc1. The Bertz CT molecular complexity index is 1040. The summed E-state index contributed by atoms with van der Waals surface area (Å²) in [4.78, 5) is 17.9. The summed E-state index contributed by atoms with van der Waals surface area (Å²) < 4.78 is 0. The van der Waals surface area contributed by atoms with Gasteiger partial charge in [0.15, 0.2) is 0 Å². The van der Waals surface area contributed by atoms with Gasteiger partial charge in [-0.1, -0.05) is 66.2 Å². The Balaban J connectivity index is 1.16. The van der Waals surface area contributed by atoms with Gasteiger partial charge in [-0.15, -0.1) is 0 Å². The standard InChI is InChI=1S/C28H32N2O/c1-21-9-11-23(12-10-21)24-14-16-29(17-15-24)19-22-13-18-30(20-22)28(31)27-8-4-6-25-5-2-3-7-26(25)27/h2-12,22,24H,13-20H2,1H3/t22-/m1/s1. The van der Waals surface area contributed by atoms with E-state index in [4.69, 9.17) is 0 Å². The Hall–Kier alpha value is -2.65. The molecule has 0 aromatic heterocycles. The molecular formula is C28H32N2O. The number of carbonyl (C=O) groups is 1. The lowest BCUT2D eigenvalue weighted by molar-refractivity contribution is 0.0784. The second-order valence-electron chi connectivity index (χ2n) is 9.42. The van der Waals surface area contributed by atoms with Crippen molar-refractivity contribution in [3.63, 3.8) is 0 Å². The smallest absolute Gasteiger partial charge is 0.254 e. The molecule has 3 heteroatoms. The first-order valence-electron chi connectivity index (χ1n) is 11.7. The van der Waals surface area contributed by atoms with Gasteiger partial charge in [0, 0.05) is 25.2 Å². The average molecular weight is 413 g/mol. The third-order valence-corrected chi connectivity index (χ3v) is 7.25. The van der Waals surface area contributed by atoms with Gasteiger partial charge < -0.3 is 9.80 Å². The van der Waals surface area contributed by atoms with Crippen molar-refractivity contribution in [3.05, 3.63) is 83.4 Å². The first-order valence-corrected chi connectivity index (χ1v) is 11.7. The molecule has 1 amide bonds. The third-order valence-electron chi connectivity index (χ3n) is 7.25. The van der Waals surface area contributed by atoms with E-state index in [1.54, 1.807) is 0 Å². The van der Waals surface area contributed by atoms with Crippen molar-refractivity contribution in [2.45, 2.75) is 32.1 Å². The number of fused-ring (bicyclic) bond motifs is 1. The van der Waals surface area contributed by atoms with Crippen LogP contribution in [-0.4, -0.2) is 48.4 Å². The highest BCUT2D eigenvalue weighted by atomic mass is 16.2. The van der Waals surface area contributed by atoms with Gasteiger partial charge in [0.25, 0.3) is 5.91 Å². The number of rotatable bonds is 4. The van der Waals surface area contributed by atoms with Crippen LogP contribution in [0.4, 0.5) is 0 Å². The van der Waals surface area contributed by atoms with Crippen LogP contribution in [0.25, 0.3) is 10.8 Å². The normalized spacial score (nSPS) is 20.4. The second kappa shape index (κ2) is 8.84. The zero-order chi connectivity index (χ0) is 21.2. The largest absolute Gasteiger partial charge is 0.338 e. The van der Waals surface area contributed by atoms with Gasteiger partial charge in [-0.05, 0) is 73.5 Å². The molecule has 0 N–H and O–H groups in total. The third kappa shape index (κ3) is 4.38. The number of hydrogen-bond acceptors (Lipinski definition) is 2. The fourth-order valence-corrected chi connectivity index (χ4v) is 5.40. The van der Waals surface area contributed by atoms with Gasteiger partial charge in [-0.2, -0.15) is 0 Å². The summed E-state index contributed by atoms with van der Waals surface area (Å²) in [7, 11) is 0. The highest BCUT2D eigenvalue weighted by molar-refractivity contribution is 6.07. The zero-order valence-corrected chi connectivity index (χ0v) is 18.5. The van der Waals surface area contributed by atoms with E-state index in [9.17, 15) is 4.79 Å². The summed E-state index contributed by atoms with van der Waals surface area (Å²) in [5.74, 6) is 1.48. The number of amides is 1. The Morgan fingerprint density at radius 2 is 1.61 bits per heavy atom. The maximum absolute atomic E-state index is 13.2. The van der Waals surface area contributed by atoms with E-state index in [-0.39, 0.29) is 5.91 Å². The topological polar surface area (TPSA) is 23.6 Å². The Kier molecular flexibility index (Phi) is 5.78. The number of hydrogen-bond donors (Lipinski definition) is 0. The van der Waals surface area contributed by atoms with Gasteiger partial charge in [-0.25, -0.2) is 0 Å². The molecule has 0 unspecified atom stereocenters. The van der Waals surface area contributed by atoms with Gasteiger partial charge in [0.2, 0.25) is 0 Å². The lowest BCUT2D eigenvalue weighted by atomic mass is 9.88. The monoisotopic (exact) mass is 412 g/mol. The molecule has 2 fully saturated rings. The molecule has 2 aliphatic heterocycles. The van der Waals surface area contributed by atoms with Crippen LogP contribution in [0.5, 0.6) is 0 Å². The van der Waals surface area contributed by atoms with Gasteiger partial charge in [0.05, 0.1) is 0 Å². The lowest BCUT2D eigenvalue weighted by Gasteiger charge is -2.33. The second-order valence-corrected chi connectivity index (χ2v) is 9.42. The molecule has 31 heavy (non-hydrogen) atoms. The zero-order valence-electron chi connectivity index (χ0n) is 18.5. The van der Waals surface area contributed by atoms with Crippen molar-refractivity contribution in [2.24, 2.45) is 5.92 Å². The maximum Gasteiger partial charge on any atom is 0.254 e. The minimum absolute atomic E-state index is 0.192. The quantitative estimate of drug-likeness (QED) is 0.566. The molecule has 160 valence electrons. The van der Waals surface area contributed by atoms with Crippen molar-refractivity contribution in [2.75, 3.05) is 32.7 Å². The number of likely N-dealkylation sites (tertiary alicyclic amines) is 2. The van der Waals surface area contributed by atoms with E-state index in [1.165, 1.54) is 37.1 Å². The van der Waals surface area contributed by atoms with Gasteiger partial charge in [-0.3, -0.25) is 4.79 Å². The average Bonchev–Trinajstić information content (AvgIpc) is 3.28. The van der Waals surface area contributed by atoms with Crippen LogP contribution in [0.15, 0.2) is 66.7 Å². The van der Waals surface area contributed by atoms with Crippen LogP contribution in [-0.2, 0) is 0 Å². The molecule has 3 nitrogen and oxygen atoms in total. The lowest BCUT2D eigenvalue weighted by Crippen LogP contribution is -2.37. The van der Waals surface area contributed by atoms with E-state index in [2.05, 4.69) is 59.2 Å². The van der Waals surface area contributed by atoms with E-state index in [1.807, 2.05) is 24.3 Å². The highest BCUT2D eigenvalue weighted by Gasteiger charge is 2.30. The molecule has 0 aliphatic carbocycles. The van der Waals surface area contributed by atoms with Crippen LogP contribution in [0.2, 0.25) is 0 Å². The molecule has 0 saturated carbocycles. The van der Waals surface area contributed by atoms with Gasteiger partial charge in [0.1, 0.15) is 0 Å².